The summed E-state index contributed by atoms with van der Waals surface area (Å²) in [7, 11) is 2.99. The van der Waals surface area contributed by atoms with Crippen LogP contribution in [0.15, 0.2) is 18.2 Å². The maximum atomic E-state index is 13.0. The Bertz CT molecular complexity index is 1020. The quantitative estimate of drug-likeness (QED) is 0.626. The second-order valence-corrected chi connectivity index (χ2v) is 7.92. The summed E-state index contributed by atoms with van der Waals surface area (Å²) in [5, 5.41) is 3.20. The van der Waals surface area contributed by atoms with E-state index in [0.717, 1.165) is 10.4 Å². The van der Waals surface area contributed by atoms with E-state index in [1.807, 2.05) is 0 Å². The molecule has 9 nitrogen and oxygen atoms in total. The van der Waals surface area contributed by atoms with Gasteiger partial charge in [0.2, 0.25) is 0 Å². The van der Waals surface area contributed by atoms with Gasteiger partial charge in [-0.3, -0.25) is 4.79 Å². The van der Waals surface area contributed by atoms with Crippen LogP contribution in [0.5, 0.6) is 11.5 Å². The number of ether oxygens (including phenoxy) is 4. The molecule has 0 spiro atoms. The molecule has 1 aliphatic rings. The van der Waals surface area contributed by atoms with Crippen LogP contribution < -0.4 is 14.8 Å². The highest BCUT2D eigenvalue weighted by molar-refractivity contribution is 7.17. The minimum absolute atomic E-state index is 0.206. The lowest BCUT2D eigenvalue weighted by Gasteiger charge is -2.26. The van der Waals surface area contributed by atoms with Gasteiger partial charge in [0.25, 0.3) is 5.91 Å². The van der Waals surface area contributed by atoms with Crippen molar-refractivity contribution in [2.45, 2.75) is 26.8 Å². The van der Waals surface area contributed by atoms with Crippen LogP contribution in [0.4, 0.5) is 9.80 Å². The third kappa shape index (κ3) is 4.80. The van der Waals surface area contributed by atoms with E-state index < -0.39 is 18.0 Å². The van der Waals surface area contributed by atoms with E-state index in [2.05, 4.69) is 5.32 Å². The predicted molar refractivity (Wildman–Crippen MR) is 119 cm³/mol. The molecule has 0 aliphatic carbocycles. The molecular weight excluding hydrogens is 436 g/mol. The van der Waals surface area contributed by atoms with E-state index in [1.54, 1.807) is 36.9 Å². The largest absolute Gasteiger partial charge is 0.497 e. The second-order valence-electron chi connectivity index (χ2n) is 6.82. The molecule has 32 heavy (non-hydrogen) atoms. The fraction of sp³-hybridized carbons (Fsp3) is 0.409. The van der Waals surface area contributed by atoms with Gasteiger partial charge in [-0.25, -0.2) is 9.59 Å². The third-order valence-corrected chi connectivity index (χ3v) is 6.08. The molecule has 172 valence electrons. The lowest BCUT2D eigenvalue weighted by Crippen LogP contribution is -2.36. The number of rotatable bonds is 7. The molecule has 10 heteroatoms. The molecule has 0 atom stereocenters. The zero-order valence-electron chi connectivity index (χ0n) is 18.5. The molecule has 0 unspecified atom stereocenters. The number of hydrogen-bond donors (Lipinski definition) is 1. The van der Waals surface area contributed by atoms with Gasteiger partial charge in [-0.2, -0.15) is 0 Å². The monoisotopic (exact) mass is 462 g/mol. The highest BCUT2D eigenvalue weighted by atomic mass is 32.1. The minimum atomic E-state index is -0.508. The fourth-order valence-electron chi connectivity index (χ4n) is 3.44. The van der Waals surface area contributed by atoms with Crippen LogP contribution in [-0.4, -0.2) is 56.8 Å². The van der Waals surface area contributed by atoms with Crippen molar-refractivity contribution in [2.75, 3.05) is 39.3 Å². The van der Waals surface area contributed by atoms with Crippen LogP contribution in [0.25, 0.3) is 0 Å². The zero-order valence-corrected chi connectivity index (χ0v) is 19.3. The number of carbonyl (C=O) groups excluding carboxylic acids is 3. The lowest BCUT2D eigenvalue weighted by atomic mass is 10.0. The van der Waals surface area contributed by atoms with E-state index >= 15 is 0 Å². The molecule has 0 fully saturated rings. The molecule has 1 aliphatic heterocycles. The Balaban J connectivity index is 1.93. The average Bonchev–Trinajstić information content (AvgIpc) is 3.15. The van der Waals surface area contributed by atoms with Crippen LogP contribution in [0.3, 0.4) is 0 Å². The second kappa shape index (κ2) is 10.4. The Kier molecular flexibility index (Phi) is 7.57. The molecule has 0 bridgehead atoms. The van der Waals surface area contributed by atoms with Gasteiger partial charge in [0, 0.05) is 17.5 Å². The number of methoxy groups -OCH3 is 2. The van der Waals surface area contributed by atoms with Gasteiger partial charge < -0.3 is 29.2 Å². The topological polar surface area (TPSA) is 103 Å². The van der Waals surface area contributed by atoms with E-state index in [0.29, 0.717) is 47.1 Å². The summed E-state index contributed by atoms with van der Waals surface area (Å²) in [5.41, 5.74) is 1.41. The molecule has 1 aromatic heterocycles. The van der Waals surface area contributed by atoms with Gasteiger partial charge in [0.05, 0.1) is 45.1 Å². The molecular formula is C22H26N2O7S. The van der Waals surface area contributed by atoms with Crippen LogP contribution >= 0.6 is 11.3 Å². The lowest BCUT2D eigenvalue weighted by molar-refractivity contribution is 0.0526. The van der Waals surface area contributed by atoms with Crippen molar-refractivity contribution in [2.24, 2.45) is 0 Å². The minimum Gasteiger partial charge on any atom is -0.497 e. The molecule has 0 radical (unpaired) electrons. The Hall–Kier alpha value is -3.27. The van der Waals surface area contributed by atoms with Crippen LogP contribution in [0.1, 0.15) is 45.0 Å². The average molecular weight is 463 g/mol. The molecule has 1 N–H and O–H groups in total. The standard InChI is InChI=1S/C22H26N2O7S/c1-5-30-21(26)18-15-9-10-24(22(27)31-6-2)12-17(15)32-20(18)23-19(25)14-8-7-13(28-3)11-16(14)29-4/h7-8,11H,5-6,9-10,12H2,1-4H3,(H,23,25). The molecule has 2 amide bonds. The number of carbonyl (C=O) groups is 3. The van der Waals surface area contributed by atoms with Gasteiger partial charge in [0.1, 0.15) is 16.5 Å². The van der Waals surface area contributed by atoms with Crippen molar-refractivity contribution < 1.29 is 33.3 Å². The van der Waals surface area contributed by atoms with Crippen LogP contribution in [-0.2, 0) is 22.4 Å². The van der Waals surface area contributed by atoms with Crippen molar-refractivity contribution in [3.05, 3.63) is 39.8 Å². The normalized spacial score (nSPS) is 12.6. The van der Waals surface area contributed by atoms with Gasteiger partial charge >= 0.3 is 12.1 Å². The van der Waals surface area contributed by atoms with Crippen molar-refractivity contribution in [1.29, 1.82) is 0 Å². The number of thiophene rings is 1. The Labute approximate surface area is 190 Å². The molecule has 2 aromatic rings. The van der Waals surface area contributed by atoms with Crippen molar-refractivity contribution in [3.63, 3.8) is 0 Å². The SMILES string of the molecule is CCOC(=O)c1c(NC(=O)c2ccc(OC)cc2OC)sc2c1CCN(C(=O)OCC)C2. The van der Waals surface area contributed by atoms with Gasteiger partial charge in [-0.15, -0.1) is 11.3 Å². The Morgan fingerprint density at radius 1 is 1.09 bits per heavy atom. The number of amides is 2. The number of fused-ring (bicyclic) bond motifs is 1. The smallest absolute Gasteiger partial charge is 0.410 e. The Morgan fingerprint density at radius 2 is 1.84 bits per heavy atom. The molecule has 0 saturated heterocycles. The molecule has 0 saturated carbocycles. The van der Waals surface area contributed by atoms with Gasteiger partial charge in [-0.1, -0.05) is 0 Å². The first-order valence-electron chi connectivity index (χ1n) is 10.2. The molecule has 2 heterocycles. The van der Waals surface area contributed by atoms with E-state index in [1.165, 1.54) is 25.6 Å². The van der Waals surface area contributed by atoms with E-state index in [-0.39, 0.29) is 13.2 Å². The summed E-state index contributed by atoms with van der Waals surface area (Å²) in [4.78, 5) is 40.3. The number of nitrogens with one attached hydrogen (secondary N) is 1. The molecule has 1 aromatic carbocycles. The maximum Gasteiger partial charge on any atom is 0.410 e. The summed E-state index contributed by atoms with van der Waals surface area (Å²) in [5.74, 6) is -0.0481. The van der Waals surface area contributed by atoms with Gasteiger partial charge in [0.15, 0.2) is 0 Å². The first-order valence-corrected chi connectivity index (χ1v) is 11.0. The number of benzene rings is 1. The number of esters is 1. The van der Waals surface area contributed by atoms with E-state index in [4.69, 9.17) is 18.9 Å². The first kappa shape index (κ1) is 23.4. The number of anilines is 1. The van der Waals surface area contributed by atoms with Crippen molar-refractivity contribution in [1.82, 2.24) is 4.90 Å². The van der Waals surface area contributed by atoms with Crippen molar-refractivity contribution in [3.8, 4) is 11.5 Å². The Morgan fingerprint density at radius 3 is 2.50 bits per heavy atom. The summed E-state index contributed by atoms with van der Waals surface area (Å²) < 4.78 is 20.8. The third-order valence-electron chi connectivity index (χ3n) is 4.94. The fourth-order valence-corrected chi connectivity index (χ4v) is 4.68. The predicted octanol–water partition coefficient (Wildman–Crippen LogP) is 3.71. The summed E-state index contributed by atoms with van der Waals surface area (Å²) in [6, 6.07) is 4.85. The highest BCUT2D eigenvalue weighted by Gasteiger charge is 2.32. The van der Waals surface area contributed by atoms with Gasteiger partial charge in [-0.05, 0) is 38.0 Å². The van der Waals surface area contributed by atoms with Crippen LogP contribution in [0, 0.1) is 0 Å². The highest BCUT2D eigenvalue weighted by Crippen LogP contribution is 2.38. The van der Waals surface area contributed by atoms with Crippen LogP contribution in [0.2, 0.25) is 0 Å². The summed E-state index contributed by atoms with van der Waals surface area (Å²) in [6.45, 7) is 4.67. The summed E-state index contributed by atoms with van der Waals surface area (Å²) in [6.07, 6.45) is 0.0540. The number of nitrogens with zero attached hydrogens (tertiary/aromatic N) is 1. The van der Waals surface area contributed by atoms with Crippen molar-refractivity contribution >= 4 is 34.3 Å². The number of hydrogen-bond acceptors (Lipinski definition) is 8. The maximum absolute atomic E-state index is 13.0. The molecule has 3 rings (SSSR count). The zero-order chi connectivity index (χ0) is 23.3. The van der Waals surface area contributed by atoms with E-state index in [9.17, 15) is 14.4 Å². The summed E-state index contributed by atoms with van der Waals surface area (Å²) >= 11 is 1.25. The first-order chi connectivity index (χ1) is 15.4.